The number of rotatable bonds is 4. The van der Waals surface area contributed by atoms with Gasteiger partial charge in [0.2, 0.25) is 4.96 Å². The standard InChI is InChI=1S/C10H15N5S/c1-6(2)9-12-13-10-15(9)14-8(16-10)5-11-7-3-4-7/h6-7,11H,3-5H2,1-2H3. The molecular formula is C10H15N5S. The van der Waals surface area contributed by atoms with Crippen molar-refractivity contribution in [1.29, 1.82) is 0 Å². The maximum absolute atomic E-state index is 4.54. The summed E-state index contributed by atoms with van der Waals surface area (Å²) >= 11 is 1.62. The fourth-order valence-corrected chi connectivity index (χ4v) is 2.41. The van der Waals surface area contributed by atoms with E-state index in [4.69, 9.17) is 0 Å². The van der Waals surface area contributed by atoms with Crippen molar-refractivity contribution in [3.63, 3.8) is 0 Å². The van der Waals surface area contributed by atoms with Crippen molar-refractivity contribution in [1.82, 2.24) is 25.1 Å². The molecule has 16 heavy (non-hydrogen) atoms. The summed E-state index contributed by atoms with van der Waals surface area (Å²) < 4.78 is 1.87. The van der Waals surface area contributed by atoms with E-state index in [1.165, 1.54) is 12.8 Å². The third-order valence-electron chi connectivity index (χ3n) is 2.69. The number of fused-ring (bicyclic) bond motifs is 1. The largest absolute Gasteiger partial charge is 0.308 e. The summed E-state index contributed by atoms with van der Waals surface area (Å²) in [5.41, 5.74) is 0. The second-order valence-corrected chi connectivity index (χ2v) is 5.60. The van der Waals surface area contributed by atoms with Crippen LogP contribution in [0.15, 0.2) is 0 Å². The Balaban J connectivity index is 1.84. The van der Waals surface area contributed by atoms with Crippen molar-refractivity contribution in [2.45, 2.75) is 45.2 Å². The van der Waals surface area contributed by atoms with E-state index in [0.717, 1.165) is 28.4 Å². The first-order valence-corrected chi connectivity index (χ1v) is 6.50. The van der Waals surface area contributed by atoms with Crippen LogP contribution in [0.4, 0.5) is 0 Å². The molecule has 0 aliphatic heterocycles. The molecule has 0 saturated heterocycles. The van der Waals surface area contributed by atoms with Gasteiger partial charge in [-0.3, -0.25) is 0 Å². The highest BCUT2D eigenvalue weighted by Crippen LogP contribution is 2.21. The SMILES string of the molecule is CC(C)c1nnc2sc(CNC3CC3)nn12. The number of aromatic nitrogens is 4. The van der Waals surface area contributed by atoms with Crippen molar-refractivity contribution in [3.05, 3.63) is 10.8 Å². The van der Waals surface area contributed by atoms with E-state index in [2.05, 4.69) is 34.5 Å². The number of hydrogen-bond donors (Lipinski definition) is 1. The van der Waals surface area contributed by atoms with Gasteiger partial charge in [-0.15, -0.1) is 10.2 Å². The third kappa shape index (κ3) is 1.82. The van der Waals surface area contributed by atoms with E-state index < -0.39 is 0 Å². The van der Waals surface area contributed by atoms with Crippen LogP contribution in [0.3, 0.4) is 0 Å². The molecule has 0 aromatic carbocycles. The molecule has 0 atom stereocenters. The van der Waals surface area contributed by atoms with Gasteiger partial charge in [-0.1, -0.05) is 25.2 Å². The topological polar surface area (TPSA) is 55.1 Å². The van der Waals surface area contributed by atoms with Crippen LogP contribution in [-0.4, -0.2) is 25.9 Å². The first-order valence-electron chi connectivity index (χ1n) is 5.68. The highest BCUT2D eigenvalue weighted by Gasteiger charge is 2.21. The predicted molar refractivity (Wildman–Crippen MR) is 62.6 cm³/mol. The highest BCUT2D eigenvalue weighted by molar-refractivity contribution is 7.16. The minimum atomic E-state index is 0.362. The van der Waals surface area contributed by atoms with E-state index in [9.17, 15) is 0 Å². The van der Waals surface area contributed by atoms with Crippen LogP contribution in [0.25, 0.3) is 4.96 Å². The molecule has 5 nitrogen and oxygen atoms in total. The molecule has 0 radical (unpaired) electrons. The lowest BCUT2D eigenvalue weighted by Crippen LogP contribution is -2.15. The minimum Gasteiger partial charge on any atom is -0.308 e. The predicted octanol–water partition coefficient (Wildman–Crippen LogP) is 1.56. The van der Waals surface area contributed by atoms with E-state index in [1.54, 1.807) is 11.3 Å². The minimum absolute atomic E-state index is 0.362. The van der Waals surface area contributed by atoms with E-state index in [1.807, 2.05) is 4.52 Å². The fourth-order valence-electron chi connectivity index (χ4n) is 1.62. The van der Waals surface area contributed by atoms with Crippen molar-refractivity contribution in [2.24, 2.45) is 0 Å². The molecule has 0 spiro atoms. The average Bonchev–Trinajstić information content (AvgIpc) is 2.84. The normalized spacial score (nSPS) is 16.4. The molecule has 0 amide bonds. The zero-order valence-electron chi connectivity index (χ0n) is 9.47. The Morgan fingerprint density at radius 3 is 2.94 bits per heavy atom. The van der Waals surface area contributed by atoms with Gasteiger partial charge in [-0.25, -0.2) is 0 Å². The van der Waals surface area contributed by atoms with Gasteiger partial charge in [-0.2, -0.15) is 9.61 Å². The first-order chi connectivity index (χ1) is 7.74. The Bertz CT molecular complexity index is 496. The highest BCUT2D eigenvalue weighted by atomic mass is 32.1. The van der Waals surface area contributed by atoms with Gasteiger partial charge in [0, 0.05) is 18.5 Å². The van der Waals surface area contributed by atoms with E-state index >= 15 is 0 Å². The molecule has 1 saturated carbocycles. The lowest BCUT2D eigenvalue weighted by Gasteiger charge is -1.98. The fraction of sp³-hybridized carbons (Fsp3) is 0.700. The summed E-state index contributed by atoms with van der Waals surface area (Å²) in [5.74, 6) is 1.31. The maximum Gasteiger partial charge on any atom is 0.234 e. The van der Waals surface area contributed by atoms with Crippen LogP contribution in [0, 0.1) is 0 Å². The lowest BCUT2D eigenvalue weighted by molar-refractivity contribution is 0.662. The average molecular weight is 237 g/mol. The van der Waals surface area contributed by atoms with Crippen molar-refractivity contribution >= 4 is 16.3 Å². The Kier molecular flexibility index (Phi) is 2.40. The Hall–Kier alpha value is -1.01. The number of hydrogen-bond acceptors (Lipinski definition) is 5. The zero-order chi connectivity index (χ0) is 11.1. The van der Waals surface area contributed by atoms with Crippen molar-refractivity contribution in [2.75, 3.05) is 0 Å². The molecule has 1 N–H and O–H groups in total. The van der Waals surface area contributed by atoms with Gasteiger partial charge in [0.15, 0.2) is 5.82 Å². The monoisotopic (exact) mass is 237 g/mol. The smallest absolute Gasteiger partial charge is 0.234 e. The van der Waals surface area contributed by atoms with Crippen LogP contribution < -0.4 is 5.32 Å². The maximum atomic E-state index is 4.54. The summed E-state index contributed by atoms with van der Waals surface area (Å²) in [6.45, 7) is 5.08. The Morgan fingerprint density at radius 2 is 2.25 bits per heavy atom. The van der Waals surface area contributed by atoms with Crippen molar-refractivity contribution < 1.29 is 0 Å². The van der Waals surface area contributed by atoms with Crippen LogP contribution in [0.2, 0.25) is 0 Å². The van der Waals surface area contributed by atoms with Crippen LogP contribution >= 0.6 is 11.3 Å². The Labute approximate surface area is 97.9 Å². The van der Waals surface area contributed by atoms with E-state index in [0.29, 0.717) is 5.92 Å². The summed E-state index contributed by atoms with van der Waals surface area (Å²) in [4.78, 5) is 0.899. The number of nitrogens with zero attached hydrogens (tertiary/aromatic N) is 4. The molecule has 1 fully saturated rings. The molecule has 6 heteroatoms. The zero-order valence-corrected chi connectivity index (χ0v) is 10.3. The molecule has 2 heterocycles. The molecule has 0 bridgehead atoms. The summed E-state index contributed by atoms with van der Waals surface area (Å²) in [6, 6.07) is 0.721. The summed E-state index contributed by atoms with van der Waals surface area (Å²) in [7, 11) is 0. The third-order valence-corrected chi connectivity index (χ3v) is 3.59. The second kappa shape index (κ2) is 3.78. The van der Waals surface area contributed by atoms with E-state index in [-0.39, 0.29) is 0 Å². The molecule has 86 valence electrons. The Morgan fingerprint density at radius 1 is 1.44 bits per heavy atom. The molecular weight excluding hydrogens is 222 g/mol. The van der Waals surface area contributed by atoms with Gasteiger partial charge in [0.1, 0.15) is 5.01 Å². The first kappa shape index (κ1) is 10.2. The van der Waals surface area contributed by atoms with Gasteiger partial charge in [0.05, 0.1) is 0 Å². The van der Waals surface area contributed by atoms with Gasteiger partial charge in [-0.05, 0) is 12.8 Å². The summed E-state index contributed by atoms with van der Waals surface area (Å²) in [5, 5.41) is 17.4. The molecule has 1 aliphatic carbocycles. The van der Waals surface area contributed by atoms with Gasteiger partial charge in [0.25, 0.3) is 0 Å². The lowest BCUT2D eigenvalue weighted by atomic mass is 10.2. The van der Waals surface area contributed by atoms with Gasteiger partial charge >= 0.3 is 0 Å². The quantitative estimate of drug-likeness (QED) is 0.876. The van der Waals surface area contributed by atoms with Crippen LogP contribution in [0.5, 0.6) is 0 Å². The molecule has 2 aromatic heterocycles. The number of nitrogens with one attached hydrogen (secondary N) is 1. The summed E-state index contributed by atoms with van der Waals surface area (Å²) in [6.07, 6.45) is 2.61. The second-order valence-electron chi connectivity index (χ2n) is 4.56. The molecule has 2 aromatic rings. The van der Waals surface area contributed by atoms with Crippen LogP contribution in [0.1, 0.15) is 43.4 Å². The molecule has 3 rings (SSSR count). The van der Waals surface area contributed by atoms with Crippen LogP contribution in [-0.2, 0) is 6.54 Å². The molecule has 0 unspecified atom stereocenters. The van der Waals surface area contributed by atoms with Crippen molar-refractivity contribution in [3.8, 4) is 0 Å². The van der Waals surface area contributed by atoms with Gasteiger partial charge < -0.3 is 5.32 Å². The molecule has 1 aliphatic rings.